The number of methoxy groups -OCH3 is 1. The molecule has 0 aliphatic rings. The smallest absolute Gasteiger partial charge is 0.230 e. The molecular formula is C9H15N7OS. The Morgan fingerprint density at radius 3 is 2.83 bits per heavy atom. The second-order valence-corrected chi connectivity index (χ2v) is 4.82. The molecule has 0 amide bonds. The molecule has 8 nitrogen and oxygen atoms in total. The largest absolute Gasteiger partial charge is 0.480 e. The van der Waals surface area contributed by atoms with E-state index in [9.17, 15) is 0 Å². The first-order valence-electron chi connectivity index (χ1n) is 5.34. The van der Waals surface area contributed by atoms with Crippen LogP contribution in [0.1, 0.15) is 10.7 Å². The number of thiazole rings is 1. The highest BCUT2D eigenvalue weighted by atomic mass is 32.1. The Morgan fingerprint density at radius 1 is 1.39 bits per heavy atom. The van der Waals surface area contributed by atoms with E-state index >= 15 is 0 Å². The van der Waals surface area contributed by atoms with Crippen molar-refractivity contribution in [3.8, 4) is 5.88 Å². The first-order chi connectivity index (χ1) is 8.70. The van der Waals surface area contributed by atoms with E-state index in [4.69, 9.17) is 4.74 Å². The summed E-state index contributed by atoms with van der Waals surface area (Å²) in [5.74, 6) is 1.29. The highest BCUT2D eigenvalue weighted by Gasteiger charge is 2.12. The van der Waals surface area contributed by atoms with E-state index in [1.165, 1.54) is 0 Å². The Balaban J connectivity index is 1.95. The first kappa shape index (κ1) is 12.7. The molecule has 18 heavy (non-hydrogen) atoms. The highest BCUT2D eigenvalue weighted by molar-refractivity contribution is 7.15. The van der Waals surface area contributed by atoms with E-state index in [1.807, 2.05) is 19.0 Å². The van der Waals surface area contributed by atoms with E-state index in [-0.39, 0.29) is 0 Å². The second kappa shape index (κ2) is 5.74. The third kappa shape index (κ3) is 2.93. The summed E-state index contributed by atoms with van der Waals surface area (Å²) in [6.07, 6.45) is 0. The van der Waals surface area contributed by atoms with Gasteiger partial charge < -0.3 is 15.0 Å². The monoisotopic (exact) mass is 269 g/mol. The molecule has 0 saturated carbocycles. The molecule has 98 valence electrons. The van der Waals surface area contributed by atoms with Gasteiger partial charge in [-0.2, -0.15) is 10.2 Å². The maximum atomic E-state index is 5.25. The topological polar surface area (TPSA) is 91.9 Å². The van der Waals surface area contributed by atoms with Crippen molar-refractivity contribution >= 4 is 16.5 Å². The SMILES string of the molecule is COc1nc(N(C)C)sc1CNCc1nn[nH]n1. The molecule has 0 aromatic carbocycles. The molecule has 0 radical (unpaired) electrons. The molecule has 2 rings (SSSR count). The van der Waals surface area contributed by atoms with Gasteiger partial charge in [-0.1, -0.05) is 16.6 Å². The van der Waals surface area contributed by atoms with Crippen LogP contribution in [0.2, 0.25) is 0 Å². The molecule has 0 unspecified atom stereocenters. The van der Waals surface area contributed by atoms with Gasteiger partial charge in [0.05, 0.1) is 18.5 Å². The Bertz CT molecular complexity index is 481. The summed E-state index contributed by atoms with van der Waals surface area (Å²) < 4.78 is 5.25. The number of tetrazole rings is 1. The molecule has 2 N–H and O–H groups in total. The molecule has 0 spiro atoms. The second-order valence-electron chi connectivity index (χ2n) is 3.75. The predicted molar refractivity (Wildman–Crippen MR) is 67.7 cm³/mol. The number of anilines is 1. The van der Waals surface area contributed by atoms with Crippen LogP contribution in [0.25, 0.3) is 0 Å². The minimum Gasteiger partial charge on any atom is -0.480 e. The average Bonchev–Trinajstić information content (AvgIpc) is 2.97. The summed E-state index contributed by atoms with van der Waals surface area (Å²) in [6, 6.07) is 0. The van der Waals surface area contributed by atoms with Crippen LogP contribution >= 0.6 is 11.3 Å². The van der Waals surface area contributed by atoms with E-state index < -0.39 is 0 Å². The standard InChI is InChI=1S/C9H15N7OS/c1-16(2)9-11-8(17-3)6(18-9)4-10-5-7-12-14-15-13-7/h10H,4-5H2,1-3H3,(H,12,13,14,15). The normalized spacial score (nSPS) is 10.6. The predicted octanol–water partition coefficient (Wildman–Crippen LogP) is 0.0206. The molecule has 0 aliphatic carbocycles. The summed E-state index contributed by atoms with van der Waals surface area (Å²) in [5, 5.41) is 17.8. The molecule has 2 aromatic rings. The lowest BCUT2D eigenvalue weighted by atomic mass is 10.5. The van der Waals surface area contributed by atoms with E-state index in [0.29, 0.717) is 24.8 Å². The molecule has 0 bridgehead atoms. The van der Waals surface area contributed by atoms with Crippen LogP contribution < -0.4 is 15.0 Å². The van der Waals surface area contributed by atoms with Gasteiger partial charge in [0.25, 0.3) is 0 Å². The zero-order chi connectivity index (χ0) is 13.0. The van der Waals surface area contributed by atoms with Crippen molar-refractivity contribution in [2.45, 2.75) is 13.1 Å². The lowest BCUT2D eigenvalue weighted by molar-refractivity contribution is 0.394. The number of aromatic amines is 1. The van der Waals surface area contributed by atoms with Gasteiger partial charge in [-0.05, 0) is 0 Å². The third-order valence-corrected chi connectivity index (χ3v) is 3.39. The Kier molecular flexibility index (Phi) is 4.05. The quantitative estimate of drug-likeness (QED) is 0.763. The molecule has 2 aromatic heterocycles. The van der Waals surface area contributed by atoms with Crippen molar-refractivity contribution in [3.05, 3.63) is 10.7 Å². The van der Waals surface area contributed by atoms with Gasteiger partial charge in [-0.25, -0.2) is 0 Å². The van der Waals surface area contributed by atoms with Crippen molar-refractivity contribution in [2.24, 2.45) is 0 Å². The highest BCUT2D eigenvalue weighted by Crippen LogP contribution is 2.30. The number of nitrogens with one attached hydrogen (secondary N) is 2. The minimum absolute atomic E-state index is 0.550. The lowest BCUT2D eigenvalue weighted by Crippen LogP contribution is -2.13. The Hall–Kier alpha value is -1.74. The Labute approximate surface area is 108 Å². The fraction of sp³-hybridized carbons (Fsp3) is 0.556. The number of H-pyrrole nitrogens is 1. The zero-order valence-electron chi connectivity index (χ0n) is 10.5. The maximum absolute atomic E-state index is 5.25. The van der Waals surface area contributed by atoms with Crippen molar-refractivity contribution in [1.82, 2.24) is 30.9 Å². The fourth-order valence-corrected chi connectivity index (χ4v) is 2.26. The molecule has 0 aliphatic heterocycles. The van der Waals surface area contributed by atoms with Gasteiger partial charge in [-0.3, -0.25) is 0 Å². The summed E-state index contributed by atoms with van der Waals surface area (Å²) in [6.45, 7) is 1.21. The van der Waals surface area contributed by atoms with E-state index in [1.54, 1.807) is 18.4 Å². The van der Waals surface area contributed by atoms with Gasteiger partial charge in [-0.15, -0.1) is 10.2 Å². The van der Waals surface area contributed by atoms with Crippen molar-refractivity contribution in [3.63, 3.8) is 0 Å². The van der Waals surface area contributed by atoms with Crippen LogP contribution in [0.4, 0.5) is 5.13 Å². The summed E-state index contributed by atoms with van der Waals surface area (Å²) in [7, 11) is 5.53. The fourth-order valence-electron chi connectivity index (χ4n) is 1.33. The lowest BCUT2D eigenvalue weighted by Gasteiger charge is -2.04. The summed E-state index contributed by atoms with van der Waals surface area (Å²) in [5.41, 5.74) is 0. The number of hydrogen-bond acceptors (Lipinski definition) is 8. The molecule has 2 heterocycles. The number of aromatic nitrogens is 5. The Morgan fingerprint density at radius 2 is 2.22 bits per heavy atom. The minimum atomic E-state index is 0.550. The van der Waals surface area contributed by atoms with Gasteiger partial charge in [0.1, 0.15) is 0 Å². The van der Waals surface area contributed by atoms with Crippen molar-refractivity contribution in [2.75, 3.05) is 26.1 Å². The first-order valence-corrected chi connectivity index (χ1v) is 6.16. The number of hydrogen-bond donors (Lipinski definition) is 2. The molecule has 0 atom stereocenters. The maximum Gasteiger partial charge on any atom is 0.230 e. The zero-order valence-corrected chi connectivity index (χ0v) is 11.3. The van der Waals surface area contributed by atoms with Crippen LogP contribution in [-0.4, -0.2) is 46.8 Å². The molecule has 0 fully saturated rings. The third-order valence-electron chi connectivity index (χ3n) is 2.18. The van der Waals surface area contributed by atoms with E-state index in [2.05, 4.69) is 30.9 Å². The molecular weight excluding hydrogens is 254 g/mol. The molecule has 0 saturated heterocycles. The van der Waals surface area contributed by atoms with Crippen molar-refractivity contribution < 1.29 is 4.74 Å². The molecule has 9 heteroatoms. The van der Waals surface area contributed by atoms with Crippen molar-refractivity contribution in [1.29, 1.82) is 0 Å². The van der Waals surface area contributed by atoms with Crippen LogP contribution in [0.5, 0.6) is 5.88 Å². The van der Waals surface area contributed by atoms with E-state index in [0.717, 1.165) is 10.0 Å². The van der Waals surface area contributed by atoms with Crippen LogP contribution in [-0.2, 0) is 13.1 Å². The number of ether oxygens (including phenoxy) is 1. The average molecular weight is 269 g/mol. The number of rotatable bonds is 6. The van der Waals surface area contributed by atoms with Gasteiger partial charge >= 0.3 is 0 Å². The van der Waals surface area contributed by atoms with Gasteiger partial charge in [0.2, 0.25) is 5.88 Å². The van der Waals surface area contributed by atoms with Crippen LogP contribution in [0, 0.1) is 0 Å². The van der Waals surface area contributed by atoms with Crippen LogP contribution in [0.3, 0.4) is 0 Å². The van der Waals surface area contributed by atoms with Gasteiger partial charge in [0.15, 0.2) is 11.0 Å². The van der Waals surface area contributed by atoms with Gasteiger partial charge in [0, 0.05) is 20.6 Å². The van der Waals surface area contributed by atoms with Crippen LogP contribution in [0.15, 0.2) is 0 Å². The summed E-state index contributed by atoms with van der Waals surface area (Å²) in [4.78, 5) is 7.38. The summed E-state index contributed by atoms with van der Waals surface area (Å²) >= 11 is 1.59. The number of nitrogens with zero attached hydrogens (tertiary/aromatic N) is 5.